The molecule has 0 aromatic carbocycles. The second-order valence-electron chi connectivity index (χ2n) is 8.95. The van der Waals surface area contributed by atoms with E-state index in [4.69, 9.17) is 10.1 Å². The normalized spacial score (nSPS) is 22.2. The summed E-state index contributed by atoms with van der Waals surface area (Å²) >= 11 is 0. The van der Waals surface area contributed by atoms with Crippen molar-refractivity contribution in [3.05, 3.63) is 59.1 Å². The van der Waals surface area contributed by atoms with Gasteiger partial charge in [-0.15, -0.1) is 0 Å². The molecule has 0 bridgehead atoms. The van der Waals surface area contributed by atoms with E-state index in [1.54, 1.807) is 11.0 Å². The zero-order valence-corrected chi connectivity index (χ0v) is 19.0. The van der Waals surface area contributed by atoms with Gasteiger partial charge in [0.15, 0.2) is 0 Å². The van der Waals surface area contributed by atoms with Crippen LogP contribution in [0, 0.1) is 18.8 Å². The zero-order chi connectivity index (χ0) is 22.2. The van der Waals surface area contributed by atoms with Crippen LogP contribution in [0.3, 0.4) is 0 Å². The minimum atomic E-state index is -0.0440. The molecule has 7 heteroatoms. The number of aliphatic imine (C=N–C) groups is 1. The van der Waals surface area contributed by atoms with Gasteiger partial charge in [-0.05, 0) is 63.3 Å². The lowest BCUT2D eigenvalue weighted by atomic mass is 9.91. The molecule has 1 saturated heterocycles. The van der Waals surface area contributed by atoms with Crippen LogP contribution in [0.25, 0.3) is 11.1 Å². The summed E-state index contributed by atoms with van der Waals surface area (Å²) in [5, 5.41) is 8.22. The third-order valence-corrected chi connectivity index (χ3v) is 6.65. The monoisotopic (exact) mass is 430 g/mol. The molecule has 5 heterocycles. The van der Waals surface area contributed by atoms with Crippen molar-refractivity contribution < 1.29 is 4.79 Å². The van der Waals surface area contributed by atoms with E-state index in [2.05, 4.69) is 36.3 Å². The molecule has 0 spiro atoms. The van der Waals surface area contributed by atoms with Crippen LogP contribution in [0.15, 0.2) is 47.0 Å². The first-order chi connectivity index (χ1) is 15.5. The van der Waals surface area contributed by atoms with Crippen LogP contribution in [0.1, 0.15) is 50.2 Å². The van der Waals surface area contributed by atoms with Crippen LogP contribution >= 0.6 is 0 Å². The number of piperidine rings is 1. The largest absolute Gasteiger partial charge is 0.317 e. The fourth-order valence-electron chi connectivity index (χ4n) is 4.79. The molecule has 166 valence electrons. The second-order valence-corrected chi connectivity index (χ2v) is 8.95. The fourth-order valence-corrected chi connectivity index (χ4v) is 4.79. The van der Waals surface area contributed by atoms with E-state index in [9.17, 15) is 4.79 Å². The van der Waals surface area contributed by atoms with E-state index in [0.717, 1.165) is 78.3 Å². The van der Waals surface area contributed by atoms with E-state index in [1.165, 1.54) is 0 Å². The van der Waals surface area contributed by atoms with Crippen molar-refractivity contribution in [1.29, 1.82) is 0 Å². The molecule has 1 unspecified atom stereocenters. The Morgan fingerprint density at radius 1 is 1.25 bits per heavy atom. The Labute approximate surface area is 188 Å². The van der Waals surface area contributed by atoms with Gasteiger partial charge >= 0.3 is 0 Å². The molecule has 2 aromatic heterocycles. The van der Waals surface area contributed by atoms with Crippen molar-refractivity contribution >= 4 is 23.2 Å². The highest BCUT2D eigenvalue weighted by atomic mass is 16.2. The van der Waals surface area contributed by atoms with Crippen molar-refractivity contribution in [3.63, 3.8) is 0 Å². The topological polar surface area (TPSA) is 74.9 Å². The summed E-state index contributed by atoms with van der Waals surface area (Å²) in [6.07, 6.45) is 13.4. The Morgan fingerprint density at radius 2 is 2.06 bits per heavy atom. The standard InChI is InChI=1S/C25H30N6O/c1-4-21-24-12-22(29-31(24)14-17(3)28-21)20-11-25(32)30-15-23(18-7-9-26-10-8-18)27-13-19(30)6-5-16(20)2/h6,11-16,18,26H,4-5,7-10H2,1-3H3. The number of rotatable bonds is 3. The Bertz CT molecular complexity index is 1180. The molecule has 1 atom stereocenters. The molecule has 2 aromatic rings. The summed E-state index contributed by atoms with van der Waals surface area (Å²) in [4.78, 5) is 24.5. The van der Waals surface area contributed by atoms with Crippen LogP contribution in [0.4, 0.5) is 0 Å². The number of carbonyl (C=O) groups is 1. The van der Waals surface area contributed by atoms with E-state index in [-0.39, 0.29) is 11.8 Å². The maximum absolute atomic E-state index is 13.4. The third kappa shape index (κ3) is 3.81. The van der Waals surface area contributed by atoms with Gasteiger partial charge in [-0.3, -0.25) is 19.7 Å². The quantitative estimate of drug-likeness (QED) is 0.806. The number of amides is 1. The highest BCUT2D eigenvalue weighted by Crippen LogP contribution is 2.32. The Kier molecular flexibility index (Phi) is 5.51. The lowest BCUT2D eigenvalue weighted by Gasteiger charge is -2.29. The first-order valence-electron chi connectivity index (χ1n) is 11.6. The summed E-state index contributed by atoms with van der Waals surface area (Å²) in [6.45, 7) is 8.23. The van der Waals surface area contributed by atoms with Gasteiger partial charge < -0.3 is 5.32 Å². The number of aryl methyl sites for hydroxylation is 2. The van der Waals surface area contributed by atoms with Crippen LogP contribution < -0.4 is 5.32 Å². The maximum Gasteiger partial charge on any atom is 0.255 e. The van der Waals surface area contributed by atoms with Gasteiger partial charge in [0.1, 0.15) is 0 Å². The van der Waals surface area contributed by atoms with Gasteiger partial charge in [-0.2, -0.15) is 5.10 Å². The number of allylic oxidation sites excluding steroid dienone is 4. The van der Waals surface area contributed by atoms with Gasteiger partial charge in [0.05, 0.1) is 46.4 Å². The first kappa shape index (κ1) is 20.8. The van der Waals surface area contributed by atoms with Crippen LogP contribution in [0.2, 0.25) is 0 Å². The SMILES string of the molecule is CCc1nc(C)cn2nc(C3=CC(=O)N4C=C(C5CCNCC5)N=CC4=CCC3C)cc12. The molecule has 0 radical (unpaired) electrons. The van der Waals surface area contributed by atoms with Crippen molar-refractivity contribution in [1.82, 2.24) is 24.8 Å². The molecule has 1 fully saturated rings. The number of nitrogens with one attached hydrogen (secondary N) is 1. The molecule has 1 amide bonds. The lowest BCUT2D eigenvalue weighted by molar-refractivity contribution is -0.122. The zero-order valence-electron chi connectivity index (χ0n) is 19.0. The molecule has 32 heavy (non-hydrogen) atoms. The van der Waals surface area contributed by atoms with Gasteiger partial charge in [-0.1, -0.05) is 19.9 Å². The van der Waals surface area contributed by atoms with E-state index in [0.29, 0.717) is 5.92 Å². The van der Waals surface area contributed by atoms with Crippen molar-refractivity contribution in [2.45, 2.75) is 46.5 Å². The second kappa shape index (κ2) is 8.47. The average Bonchev–Trinajstić information content (AvgIpc) is 3.23. The molecule has 3 aliphatic rings. The van der Waals surface area contributed by atoms with E-state index < -0.39 is 0 Å². The highest BCUT2D eigenvalue weighted by Gasteiger charge is 2.27. The van der Waals surface area contributed by atoms with Gasteiger partial charge in [0.25, 0.3) is 5.91 Å². The number of hydrogen-bond acceptors (Lipinski definition) is 5. The van der Waals surface area contributed by atoms with Crippen molar-refractivity contribution in [3.8, 4) is 0 Å². The Morgan fingerprint density at radius 3 is 2.84 bits per heavy atom. The molecule has 7 nitrogen and oxygen atoms in total. The first-order valence-corrected chi connectivity index (χ1v) is 11.6. The third-order valence-electron chi connectivity index (χ3n) is 6.65. The summed E-state index contributed by atoms with van der Waals surface area (Å²) in [5.74, 6) is 0.523. The summed E-state index contributed by atoms with van der Waals surface area (Å²) in [5.41, 5.74) is 6.64. The molecule has 0 saturated carbocycles. The number of carbonyl (C=O) groups excluding carboxylic acids is 1. The van der Waals surface area contributed by atoms with E-state index >= 15 is 0 Å². The number of hydrogen-bond donors (Lipinski definition) is 1. The molecule has 3 aliphatic heterocycles. The van der Waals surface area contributed by atoms with Crippen molar-refractivity contribution in [2.75, 3.05) is 13.1 Å². The van der Waals surface area contributed by atoms with Crippen LogP contribution in [-0.4, -0.2) is 44.7 Å². The summed E-state index contributed by atoms with van der Waals surface area (Å²) in [7, 11) is 0. The van der Waals surface area contributed by atoms with E-state index in [1.807, 2.05) is 30.1 Å². The molecule has 5 rings (SSSR count). The Balaban J connectivity index is 1.51. The minimum absolute atomic E-state index is 0.0440. The summed E-state index contributed by atoms with van der Waals surface area (Å²) < 4.78 is 1.90. The summed E-state index contributed by atoms with van der Waals surface area (Å²) in [6, 6.07) is 2.07. The van der Waals surface area contributed by atoms with Gasteiger partial charge in [0.2, 0.25) is 0 Å². The predicted molar refractivity (Wildman–Crippen MR) is 126 cm³/mol. The van der Waals surface area contributed by atoms with Crippen molar-refractivity contribution in [2.24, 2.45) is 16.8 Å². The minimum Gasteiger partial charge on any atom is -0.317 e. The number of nitrogens with zero attached hydrogens (tertiary/aromatic N) is 5. The number of fused-ring (bicyclic) bond motifs is 2. The fraction of sp³-hybridized carbons (Fsp3) is 0.440. The van der Waals surface area contributed by atoms with Crippen LogP contribution in [0.5, 0.6) is 0 Å². The molecule has 0 aliphatic carbocycles. The average molecular weight is 431 g/mol. The molecule has 1 N–H and O–H groups in total. The lowest BCUT2D eigenvalue weighted by Crippen LogP contribution is -2.32. The highest BCUT2D eigenvalue weighted by molar-refractivity contribution is 6.01. The van der Waals surface area contributed by atoms with Gasteiger partial charge in [-0.25, -0.2) is 4.52 Å². The predicted octanol–water partition coefficient (Wildman–Crippen LogP) is 3.66. The maximum atomic E-state index is 13.4. The molecular weight excluding hydrogens is 400 g/mol. The van der Waals surface area contributed by atoms with Crippen LogP contribution in [-0.2, 0) is 11.2 Å². The smallest absolute Gasteiger partial charge is 0.255 e. The molecular formula is C25H30N6O. The number of aromatic nitrogens is 3. The Hall–Kier alpha value is -3.06. The van der Waals surface area contributed by atoms with Gasteiger partial charge in [0, 0.05) is 18.2 Å².